The van der Waals surface area contributed by atoms with Crippen LogP contribution in [-0.4, -0.2) is 58.3 Å². The first kappa shape index (κ1) is 16.9. The van der Waals surface area contributed by atoms with E-state index in [1.54, 1.807) is 6.92 Å². The number of aryl methyl sites for hydroxylation is 1. The van der Waals surface area contributed by atoms with Gasteiger partial charge in [-0.25, -0.2) is 4.98 Å². The molecule has 118 valence electrons. The van der Waals surface area contributed by atoms with Crippen molar-refractivity contribution >= 4 is 11.9 Å². The molecule has 0 spiro atoms. The average Bonchev–Trinajstić information content (AvgIpc) is 2.89. The Hall–Kier alpha value is -2.13. The third-order valence-corrected chi connectivity index (χ3v) is 2.53. The number of nitrogens with zero attached hydrogens (tertiary/aromatic N) is 3. The van der Waals surface area contributed by atoms with Crippen molar-refractivity contribution in [3.05, 3.63) is 11.6 Å². The number of carbonyl (C=O) groups excluding carboxylic acids is 2. The second-order valence-corrected chi connectivity index (χ2v) is 4.13. The number of amides is 1. The number of ether oxygens (including phenoxy) is 1. The maximum absolute atomic E-state index is 12.5. The van der Waals surface area contributed by atoms with Gasteiger partial charge in [-0.3, -0.25) is 14.7 Å². The number of alkyl halides is 3. The molecule has 21 heavy (non-hydrogen) atoms. The lowest BCUT2D eigenvalue weighted by Gasteiger charge is -2.22. The Balaban J connectivity index is 2.83. The number of halogens is 3. The molecule has 0 aromatic carbocycles. The highest BCUT2D eigenvalue weighted by Gasteiger charge is 2.34. The van der Waals surface area contributed by atoms with Crippen molar-refractivity contribution < 1.29 is 27.5 Å². The molecule has 1 heterocycles. The number of nitrogens with one attached hydrogen (secondary N) is 1. The Labute approximate surface area is 118 Å². The first-order chi connectivity index (χ1) is 9.76. The lowest BCUT2D eigenvalue weighted by atomic mass is 10.3. The normalized spacial score (nSPS) is 11.3. The van der Waals surface area contributed by atoms with Crippen molar-refractivity contribution in [1.82, 2.24) is 20.1 Å². The highest BCUT2D eigenvalue weighted by Crippen LogP contribution is 2.18. The van der Waals surface area contributed by atoms with E-state index in [2.05, 4.69) is 19.9 Å². The molecule has 0 aliphatic heterocycles. The number of aromatic amines is 1. The molecule has 1 aromatic heterocycles. The number of esters is 1. The number of aromatic nitrogens is 3. The predicted molar refractivity (Wildman–Crippen MR) is 64.4 cm³/mol. The zero-order valence-corrected chi connectivity index (χ0v) is 11.5. The van der Waals surface area contributed by atoms with Crippen LogP contribution in [0.4, 0.5) is 13.2 Å². The lowest BCUT2D eigenvalue weighted by Crippen LogP contribution is -2.40. The zero-order chi connectivity index (χ0) is 16.0. The summed E-state index contributed by atoms with van der Waals surface area (Å²) in [5.74, 6) is -1.68. The van der Waals surface area contributed by atoms with Gasteiger partial charge in [0.05, 0.1) is 13.5 Å². The summed E-state index contributed by atoms with van der Waals surface area (Å²) in [7, 11) is 1.11. The molecule has 0 radical (unpaired) electrons. The minimum atomic E-state index is -4.59. The maximum atomic E-state index is 12.5. The summed E-state index contributed by atoms with van der Waals surface area (Å²) in [6, 6.07) is 0. The molecule has 1 amide bonds. The van der Waals surface area contributed by atoms with Gasteiger partial charge in [0.2, 0.25) is 5.82 Å². The van der Waals surface area contributed by atoms with Gasteiger partial charge in [0, 0.05) is 13.0 Å². The van der Waals surface area contributed by atoms with Gasteiger partial charge >= 0.3 is 12.1 Å². The van der Waals surface area contributed by atoms with E-state index in [0.29, 0.717) is 17.1 Å². The first-order valence-corrected chi connectivity index (χ1v) is 6.11. The van der Waals surface area contributed by atoms with Gasteiger partial charge in [0.1, 0.15) is 12.4 Å². The first-order valence-electron chi connectivity index (χ1n) is 6.11. The summed E-state index contributed by atoms with van der Waals surface area (Å²) in [6.45, 7) is -0.167. The van der Waals surface area contributed by atoms with Crippen molar-refractivity contribution in [1.29, 1.82) is 0 Å². The van der Waals surface area contributed by atoms with Gasteiger partial charge in [0.25, 0.3) is 5.91 Å². The van der Waals surface area contributed by atoms with Gasteiger partial charge in [-0.1, -0.05) is 6.92 Å². The van der Waals surface area contributed by atoms with Crippen molar-refractivity contribution in [3.8, 4) is 0 Å². The van der Waals surface area contributed by atoms with E-state index in [9.17, 15) is 22.8 Å². The fraction of sp³-hybridized carbons (Fsp3) is 0.636. The monoisotopic (exact) mass is 308 g/mol. The van der Waals surface area contributed by atoms with Gasteiger partial charge in [-0.2, -0.15) is 13.2 Å². The Morgan fingerprint density at radius 2 is 2.05 bits per heavy atom. The highest BCUT2D eigenvalue weighted by molar-refractivity contribution is 5.90. The molecule has 0 unspecified atom stereocenters. The van der Waals surface area contributed by atoms with Crippen LogP contribution in [0.25, 0.3) is 0 Å². The summed E-state index contributed by atoms with van der Waals surface area (Å²) in [4.78, 5) is 27.3. The largest absolute Gasteiger partial charge is 0.469 e. The molecule has 1 aromatic rings. The second kappa shape index (κ2) is 7.04. The van der Waals surface area contributed by atoms with Gasteiger partial charge in [0.15, 0.2) is 0 Å². The molecular weight excluding hydrogens is 293 g/mol. The quantitative estimate of drug-likeness (QED) is 0.790. The Bertz CT molecular complexity index is 501. The van der Waals surface area contributed by atoms with E-state index in [-0.39, 0.29) is 12.2 Å². The standard InChI is InChI=1S/C11H15F3N4O3/c1-3-7-15-9(17-16-7)10(20)18(6-11(12,13)14)5-4-8(19)21-2/h3-6H2,1-2H3,(H,15,16,17). The number of hydrogen-bond donors (Lipinski definition) is 1. The van der Waals surface area contributed by atoms with Crippen LogP contribution < -0.4 is 0 Å². The van der Waals surface area contributed by atoms with Crippen LogP contribution in [0.1, 0.15) is 29.8 Å². The number of methoxy groups -OCH3 is 1. The molecule has 0 atom stereocenters. The third-order valence-electron chi connectivity index (χ3n) is 2.53. The summed E-state index contributed by atoms with van der Waals surface area (Å²) in [5, 5.41) is 6.02. The maximum Gasteiger partial charge on any atom is 0.406 e. The van der Waals surface area contributed by atoms with Crippen LogP contribution in [0, 0.1) is 0 Å². The minimum absolute atomic E-state index is 0.344. The smallest absolute Gasteiger partial charge is 0.406 e. The number of rotatable bonds is 6. The average molecular weight is 308 g/mol. The molecule has 1 N–H and O–H groups in total. The summed E-state index contributed by atoms with van der Waals surface area (Å²) in [6.07, 6.45) is -4.47. The molecule has 10 heteroatoms. The van der Waals surface area contributed by atoms with Crippen LogP contribution in [0.2, 0.25) is 0 Å². The van der Waals surface area contributed by atoms with E-state index >= 15 is 0 Å². The van der Waals surface area contributed by atoms with Crippen LogP contribution in [0.3, 0.4) is 0 Å². The van der Waals surface area contributed by atoms with Crippen molar-refractivity contribution in [2.75, 3.05) is 20.2 Å². The third kappa shape index (κ3) is 5.40. The second-order valence-electron chi connectivity index (χ2n) is 4.13. The van der Waals surface area contributed by atoms with Crippen LogP contribution in [0.5, 0.6) is 0 Å². The zero-order valence-electron chi connectivity index (χ0n) is 11.5. The van der Waals surface area contributed by atoms with E-state index in [4.69, 9.17) is 0 Å². The van der Waals surface area contributed by atoms with Crippen LogP contribution in [0.15, 0.2) is 0 Å². The Kier molecular flexibility index (Phi) is 5.68. The van der Waals surface area contributed by atoms with Crippen LogP contribution in [-0.2, 0) is 16.0 Å². The topological polar surface area (TPSA) is 88.2 Å². The van der Waals surface area contributed by atoms with Gasteiger partial charge < -0.3 is 9.64 Å². The molecule has 0 bridgehead atoms. The molecule has 0 saturated carbocycles. The summed E-state index contributed by atoms with van der Waals surface area (Å²) >= 11 is 0. The van der Waals surface area contributed by atoms with Crippen molar-refractivity contribution in [3.63, 3.8) is 0 Å². The minimum Gasteiger partial charge on any atom is -0.469 e. The molecule has 7 nitrogen and oxygen atoms in total. The fourth-order valence-corrected chi connectivity index (χ4v) is 1.49. The summed E-state index contributed by atoms with van der Waals surface area (Å²) < 4.78 is 41.8. The molecule has 0 aliphatic rings. The SMILES string of the molecule is CCc1nc(C(=O)N(CCC(=O)OC)CC(F)(F)F)n[nH]1. The molecular formula is C11H15F3N4O3. The van der Waals surface area contributed by atoms with Gasteiger partial charge in [-0.05, 0) is 0 Å². The highest BCUT2D eigenvalue weighted by atomic mass is 19.4. The lowest BCUT2D eigenvalue weighted by molar-refractivity contribution is -0.147. The van der Waals surface area contributed by atoms with Gasteiger partial charge in [-0.15, -0.1) is 5.10 Å². The van der Waals surface area contributed by atoms with Crippen molar-refractivity contribution in [2.24, 2.45) is 0 Å². The van der Waals surface area contributed by atoms with E-state index in [1.165, 1.54) is 0 Å². The molecule has 1 rings (SSSR count). The Morgan fingerprint density at radius 3 is 2.52 bits per heavy atom. The van der Waals surface area contributed by atoms with Crippen molar-refractivity contribution in [2.45, 2.75) is 25.9 Å². The fourth-order valence-electron chi connectivity index (χ4n) is 1.49. The van der Waals surface area contributed by atoms with E-state index < -0.39 is 31.1 Å². The molecule has 0 saturated heterocycles. The van der Waals surface area contributed by atoms with Crippen LogP contribution >= 0.6 is 0 Å². The Morgan fingerprint density at radius 1 is 1.38 bits per heavy atom. The van der Waals surface area contributed by atoms with E-state index in [1.807, 2.05) is 0 Å². The summed E-state index contributed by atoms with van der Waals surface area (Å²) in [5.41, 5.74) is 0. The number of carbonyl (C=O) groups is 2. The number of hydrogen-bond acceptors (Lipinski definition) is 5. The predicted octanol–water partition coefficient (Wildman–Crippen LogP) is 0.935. The molecule has 0 aliphatic carbocycles. The number of H-pyrrole nitrogens is 1. The molecule has 0 fully saturated rings. The van der Waals surface area contributed by atoms with E-state index in [0.717, 1.165) is 7.11 Å².